The van der Waals surface area contributed by atoms with E-state index in [2.05, 4.69) is 20.7 Å². The van der Waals surface area contributed by atoms with Crippen LogP contribution in [0.3, 0.4) is 0 Å². The summed E-state index contributed by atoms with van der Waals surface area (Å²) in [6.45, 7) is 5.43. The van der Waals surface area contributed by atoms with E-state index in [-0.39, 0.29) is 18.4 Å². The van der Waals surface area contributed by atoms with Gasteiger partial charge < -0.3 is 34.9 Å². The Morgan fingerprint density at radius 3 is 2.10 bits per heavy atom. The van der Waals surface area contributed by atoms with Gasteiger partial charge in [0.15, 0.2) is 0 Å². The number of nitrogens with zero attached hydrogens (tertiary/aromatic N) is 1. The predicted molar refractivity (Wildman–Crippen MR) is 79.2 cm³/mol. The Bertz CT molecular complexity index is 303. The lowest BCUT2D eigenvalue weighted by Crippen LogP contribution is -3.00. The van der Waals surface area contributed by atoms with Crippen LogP contribution in [0.25, 0.3) is 0 Å². The topological polar surface area (TPSA) is 54.0 Å². The number of rotatable bonds is 11. The maximum atomic E-state index is 11.0. The summed E-state index contributed by atoms with van der Waals surface area (Å²) in [6, 6.07) is 0.768. The molecule has 0 aromatic rings. The Labute approximate surface area is 135 Å². The molecule has 0 saturated heterocycles. The zero-order valence-corrected chi connectivity index (χ0v) is 15.4. The van der Waals surface area contributed by atoms with Crippen LogP contribution in [-0.2, 0) is 22.8 Å². The summed E-state index contributed by atoms with van der Waals surface area (Å²) >= 11 is 0. The fraction of sp³-hybridized carbons (Fsp3) is 0.769. The van der Waals surface area contributed by atoms with E-state index in [1.807, 2.05) is 0 Å². The minimum Gasteiger partial charge on any atom is -1.00 e. The van der Waals surface area contributed by atoms with Crippen molar-refractivity contribution in [2.75, 3.05) is 55.1 Å². The van der Waals surface area contributed by atoms with E-state index >= 15 is 0 Å². The first-order chi connectivity index (χ1) is 9.34. The molecule has 0 aliphatic rings. The molecule has 126 valence electrons. The third-order valence-electron chi connectivity index (χ3n) is 3.29. The molecule has 0 bridgehead atoms. The molecule has 6 nitrogen and oxygen atoms in total. The summed E-state index contributed by atoms with van der Waals surface area (Å²) in [5.74, 6) is -0.380. The minimum atomic E-state index is -2.48. The molecular weight excluding hydrogens is 314 g/mol. The smallest absolute Gasteiger partial charge is 0.500 e. The van der Waals surface area contributed by atoms with Crippen molar-refractivity contribution in [3.8, 4) is 0 Å². The average molecular weight is 342 g/mol. The van der Waals surface area contributed by atoms with Gasteiger partial charge in [-0.2, -0.15) is 0 Å². The first kappa shape index (κ1) is 22.8. The van der Waals surface area contributed by atoms with Crippen molar-refractivity contribution in [2.24, 2.45) is 0 Å². The standard InChI is InChI=1S/C13H28NO5Si.ClH/c1-7-13(15)19-11-10-14(2,3)9-8-12-20(16-4,17-5)18-6;/h7H,1,8-12H2,2-6H3;1H/q+1;/p-1. The van der Waals surface area contributed by atoms with Gasteiger partial charge in [-0.15, -0.1) is 0 Å². The van der Waals surface area contributed by atoms with Crippen LogP contribution < -0.4 is 12.4 Å². The van der Waals surface area contributed by atoms with Crippen LogP contribution in [-0.4, -0.2) is 74.4 Å². The molecule has 8 heteroatoms. The predicted octanol–water partition coefficient (Wildman–Crippen LogP) is -1.94. The molecule has 0 heterocycles. The first-order valence-electron chi connectivity index (χ1n) is 6.61. The molecule has 0 unspecified atom stereocenters. The van der Waals surface area contributed by atoms with Crippen LogP contribution in [0.15, 0.2) is 12.7 Å². The van der Waals surface area contributed by atoms with Crippen LogP contribution in [0, 0.1) is 0 Å². The summed E-state index contributed by atoms with van der Waals surface area (Å²) in [6.07, 6.45) is 2.10. The highest BCUT2D eigenvalue weighted by Gasteiger charge is 2.37. The highest BCUT2D eigenvalue weighted by molar-refractivity contribution is 6.60. The normalized spacial score (nSPS) is 11.7. The summed E-state index contributed by atoms with van der Waals surface area (Å²) in [5.41, 5.74) is 0. The van der Waals surface area contributed by atoms with E-state index in [0.717, 1.165) is 30.0 Å². The number of halogens is 1. The Morgan fingerprint density at radius 2 is 1.67 bits per heavy atom. The third kappa shape index (κ3) is 9.23. The number of hydrogen-bond acceptors (Lipinski definition) is 5. The lowest BCUT2D eigenvalue weighted by molar-refractivity contribution is -0.890. The number of quaternary nitrogens is 1. The Hall–Kier alpha value is -0.443. The van der Waals surface area contributed by atoms with Crippen LogP contribution in [0.4, 0.5) is 0 Å². The highest BCUT2D eigenvalue weighted by Crippen LogP contribution is 2.16. The Balaban J connectivity index is 0. The Kier molecular flexibility index (Phi) is 12.1. The zero-order chi connectivity index (χ0) is 15.6. The van der Waals surface area contributed by atoms with Crippen LogP contribution in [0.1, 0.15) is 6.42 Å². The summed E-state index contributed by atoms with van der Waals surface area (Å²) in [7, 11) is 6.57. The van der Waals surface area contributed by atoms with Gasteiger partial charge in [-0.3, -0.25) is 0 Å². The molecule has 0 amide bonds. The molecular formula is C13H28ClNO5Si. The van der Waals surface area contributed by atoms with Crippen molar-refractivity contribution in [1.29, 1.82) is 0 Å². The number of carbonyl (C=O) groups excluding carboxylic acids is 1. The Morgan fingerprint density at radius 1 is 1.14 bits per heavy atom. The monoisotopic (exact) mass is 341 g/mol. The summed E-state index contributed by atoms with van der Waals surface area (Å²) in [4.78, 5) is 11.0. The van der Waals surface area contributed by atoms with Gasteiger partial charge in [0.05, 0.1) is 20.6 Å². The van der Waals surface area contributed by atoms with Crippen molar-refractivity contribution in [3.63, 3.8) is 0 Å². The van der Waals surface area contributed by atoms with E-state index in [9.17, 15) is 4.79 Å². The van der Waals surface area contributed by atoms with Gasteiger partial charge in [-0.25, -0.2) is 4.79 Å². The van der Waals surface area contributed by atoms with Crippen molar-refractivity contribution < 1.29 is 39.7 Å². The van der Waals surface area contributed by atoms with E-state index in [1.165, 1.54) is 6.08 Å². The summed E-state index contributed by atoms with van der Waals surface area (Å²) in [5, 5.41) is 0. The number of carbonyl (C=O) groups is 1. The molecule has 0 N–H and O–H groups in total. The van der Waals surface area contributed by atoms with E-state index in [0.29, 0.717) is 6.61 Å². The van der Waals surface area contributed by atoms with Gasteiger partial charge in [-0.1, -0.05) is 6.58 Å². The van der Waals surface area contributed by atoms with Gasteiger partial charge >= 0.3 is 14.8 Å². The van der Waals surface area contributed by atoms with E-state index in [4.69, 9.17) is 18.0 Å². The van der Waals surface area contributed by atoms with E-state index < -0.39 is 8.80 Å². The highest BCUT2D eigenvalue weighted by atomic mass is 35.5. The van der Waals surface area contributed by atoms with Crippen LogP contribution in [0.2, 0.25) is 6.04 Å². The minimum absolute atomic E-state index is 0. The van der Waals surface area contributed by atoms with Gasteiger partial charge in [0.25, 0.3) is 0 Å². The fourth-order valence-corrected chi connectivity index (χ4v) is 3.55. The molecule has 0 spiro atoms. The number of esters is 1. The second kappa shape index (κ2) is 11.2. The maximum Gasteiger partial charge on any atom is 0.500 e. The maximum absolute atomic E-state index is 11.0. The SMILES string of the molecule is C=CC(=O)OCC[N+](C)(C)CCC[Si](OC)(OC)OC.[Cl-]. The molecule has 0 aromatic carbocycles. The fourth-order valence-electron chi connectivity index (χ4n) is 1.84. The molecule has 21 heavy (non-hydrogen) atoms. The lowest BCUT2D eigenvalue weighted by atomic mass is 10.3. The molecule has 0 fully saturated rings. The summed E-state index contributed by atoms with van der Waals surface area (Å²) < 4.78 is 21.9. The van der Waals surface area contributed by atoms with Gasteiger partial charge in [0.1, 0.15) is 13.2 Å². The molecule has 0 aliphatic carbocycles. The van der Waals surface area contributed by atoms with Gasteiger partial charge in [0, 0.05) is 39.9 Å². The molecule has 0 saturated carbocycles. The average Bonchev–Trinajstić information content (AvgIpc) is 2.43. The first-order valence-corrected chi connectivity index (χ1v) is 8.54. The van der Waals surface area contributed by atoms with Gasteiger partial charge in [-0.05, 0) is 0 Å². The van der Waals surface area contributed by atoms with Gasteiger partial charge in [0.2, 0.25) is 0 Å². The van der Waals surface area contributed by atoms with Crippen LogP contribution >= 0.6 is 0 Å². The van der Waals surface area contributed by atoms with Crippen molar-refractivity contribution in [3.05, 3.63) is 12.7 Å². The largest absolute Gasteiger partial charge is 1.00 e. The molecule has 0 aromatic heterocycles. The number of likely N-dealkylation sites (N-methyl/N-ethyl adjacent to an activating group) is 1. The third-order valence-corrected chi connectivity index (χ3v) is 6.12. The van der Waals surface area contributed by atoms with Crippen LogP contribution in [0.5, 0.6) is 0 Å². The second-order valence-electron chi connectivity index (χ2n) is 5.15. The number of hydrogen-bond donors (Lipinski definition) is 0. The molecule has 0 radical (unpaired) electrons. The lowest BCUT2D eigenvalue weighted by Gasteiger charge is -2.31. The van der Waals surface area contributed by atoms with Crippen molar-refractivity contribution in [2.45, 2.75) is 12.5 Å². The quantitative estimate of drug-likeness (QED) is 0.189. The zero-order valence-electron chi connectivity index (χ0n) is 13.7. The second-order valence-corrected chi connectivity index (χ2v) is 8.24. The van der Waals surface area contributed by atoms with Crippen molar-refractivity contribution >= 4 is 14.8 Å². The van der Waals surface area contributed by atoms with Crippen molar-refractivity contribution in [1.82, 2.24) is 0 Å². The molecule has 0 rings (SSSR count). The molecule has 0 atom stereocenters. The number of ether oxygens (including phenoxy) is 1. The molecule has 0 aliphatic heterocycles. The van der Waals surface area contributed by atoms with E-state index in [1.54, 1.807) is 21.3 Å².